The summed E-state index contributed by atoms with van der Waals surface area (Å²) < 4.78 is 0. The van der Waals surface area contributed by atoms with Crippen LogP contribution in [0, 0.1) is 5.92 Å². The number of rotatable bonds is 5. The average molecular weight is 154 g/mol. The van der Waals surface area contributed by atoms with Crippen LogP contribution in [0.25, 0.3) is 0 Å². The molecular formula is C10H18O. The quantitative estimate of drug-likeness (QED) is 0.439. The third kappa shape index (κ3) is 4.77. The van der Waals surface area contributed by atoms with Crippen molar-refractivity contribution in [1.82, 2.24) is 0 Å². The van der Waals surface area contributed by atoms with E-state index in [1.807, 2.05) is 0 Å². The molecule has 1 unspecified atom stereocenters. The molecule has 0 heterocycles. The van der Waals surface area contributed by atoms with Crippen molar-refractivity contribution in [1.29, 1.82) is 0 Å². The Balaban J connectivity index is 3.98. The zero-order chi connectivity index (χ0) is 8.69. The molecule has 0 rings (SSSR count). The first-order valence-corrected chi connectivity index (χ1v) is 4.40. The molecule has 0 aliphatic heterocycles. The summed E-state index contributed by atoms with van der Waals surface area (Å²) >= 11 is 0. The SMILES string of the molecule is CCC/C(C=O)=C/C(C)CC. The fourth-order valence-corrected chi connectivity index (χ4v) is 0.954. The first-order valence-electron chi connectivity index (χ1n) is 4.40. The number of carbonyl (C=O) groups excluding carboxylic acids is 1. The minimum absolute atomic E-state index is 0.543. The van der Waals surface area contributed by atoms with Gasteiger partial charge in [-0.25, -0.2) is 0 Å². The zero-order valence-corrected chi connectivity index (χ0v) is 7.76. The minimum Gasteiger partial charge on any atom is -0.298 e. The van der Waals surface area contributed by atoms with E-state index in [-0.39, 0.29) is 0 Å². The predicted molar refractivity (Wildman–Crippen MR) is 48.5 cm³/mol. The van der Waals surface area contributed by atoms with Crippen LogP contribution in [0.15, 0.2) is 11.6 Å². The van der Waals surface area contributed by atoms with Crippen LogP contribution in [0.4, 0.5) is 0 Å². The van der Waals surface area contributed by atoms with Crippen molar-refractivity contribution in [2.45, 2.75) is 40.0 Å². The molecule has 0 fully saturated rings. The molecular weight excluding hydrogens is 136 g/mol. The van der Waals surface area contributed by atoms with E-state index in [2.05, 4.69) is 26.8 Å². The lowest BCUT2D eigenvalue weighted by molar-refractivity contribution is -0.105. The molecule has 0 bridgehead atoms. The largest absolute Gasteiger partial charge is 0.298 e. The van der Waals surface area contributed by atoms with Crippen molar-refractivity contribution in [3.8, 4) is 0 Å². The van der Waals surface area contributed by atoms with Crippen molar-refractivity contribution in [2.24, 2.45) is 5.92 Å². The summed E-state index contributed by atoms with van der Waals surface area (Å²) in [6, 6.07) is 0. The minimum atomic E-state index is 0.543. The smallest absolute Gasteiger partial charge is 0.145 e. The third-order valence-corrected chi connectivity index (χ3v) is 1.83. The van der Waals surface area contributed by atoms with Crippen LogP contribution < -0.4 is 0 Å². The van der Waals surface area contributed by atoms with Gasteiger partial charge in [-0.15, -0.1) is 0 Å². The Hall–Kier alpha value is -0.590. The highest BCUT2D eigenvalue weighted by molar-refractivity contribution is 5.72. The Morgan fingerprint density at radius 1 is 1.45 bits per heavy atom. The van der Waals surface area contributed by atoms with Gasteiger partial charge in [-0.3, -0.25) is 4.79 Å². The van der Waals surface area contributed by atoms with E-state index >= 15 is 0 Å². The number of allylic oxidation sites excluding steroid dienone is 2. The lowest BCUT2D eigenvalue weighted by Crippen LogP contribution is -1.91. The van der Waals surface area contributed by atoms with Crippen LogP contribution in [-0.4, -0.2) is 6.29 Å². The number of aldehydes is 1. The molecule has 0 aromatic heterocycles. The Bertz CT molecular complexity index is 136. The van der Waals surface area contributed by atoms with Crippen molar-refractivity contribution < 1.29 is 4.79 Å². The van der Waals surface area contributed by atoms with E-state index in [9.17, 15) is 4.79 Å². The predicted octanol–water partition coefficient (Wildman–Crippen LogP) is 2.96. The summed E-state index contributed by atoms with van der Waals surface area (Å²) in [6.07, 6.45) is 6.15. The molecule has 0 aliphatic rings. The van der Waals surface area contributed by atoms with Crippen LogP contribution >= 0.6 is 0 Å². The summed E-state index contributed by atoms with van der Waals surface area (Å²) in [7, 11) is 0. The van der Waals surface area contributed by atoms with Gasteiger partial charge in [0.2, 0.25) is 0 Å². The number of hydrogen-bond donors (Lipinski definition) is 0. The van der Waals surface area contributed by atoms with Gasteiger partial charge in [0.05, 0.1) is 0 Å². The maximum absolute atomic E-state index is 10.5. The molecule has 0 aromatic carbocycles. The Kier molecular flexibility index (Phi) is 5.81. The Morgan fingerprint density at radius 3 is 2.45 bits per heavy atom. The van der Waals surface area contributed by atoms with Gasteiger partial charge in [0.15, 0.2) is 0 Å². The van der Waals surface area contributed by atoms with Gasteiger partial charge in [0, 0.05) is 0 Å². The summed E-state index contributed by atoms with van der Waals surface area (Å²) in [5, 5.41) is 0. The first-order chi connectivity index (χ1) is 5.24. The second kappa shape index (κ2) is 6.14. The number of hydrogen-bond acceptors (Lipinski definition) is 1. The summed E-state index contributed by atoms with van der Waals surface area (Å²) in [4.78, 5) is 10.5. The molecule has 0 saturated heterocycles. The van der Waals surface area contributed by atoms with Crippen LogP contribution in [0.3, 0.4) is 0 Å². The lowest BCUT2D eigenvalue weighted by Gasteiger charge is -2.02. The molecule has 0 saturated carbocycles. The van der Waals surface area contributed by atoms with Crippen LogP contribution in [0.5, 0.6) is 0 Å². The normalized spacial score (nSPS) is 14.6. The standard InChI is InChI=1S/C10H18O/c1-4-6-10(8-11)7-9(3)5-2/h7-9H,4-6H2,1-3H3/b10-7-. The fourth-order valence-electron chi connectivity index (χ4n) is 0.954. The van der Waals surface area contributed by atoms with E-state index in [1.54, 1.807) is 0 Å². The van der Waals surface area contributed by atoms with E-state index < -0.39 is 0 Å². The van der Waals surface area contributed by atoms with Gasteiger partial charge in [-0.1, -0.05) is 39.7 Å². The summed E-state index contributed by atoms with van der Waals surface area (Å²) in [5.41, 5.74) is 0.960. The average Bonchev–Trinajstić information content (AvgIpc) is 2.03. The van der Waals surface area contributed by atoms with Crippen LogP contribution in [-0.2, 0) is 4.79 Å². The van der Waals surface area contributed by atoms with Crippen LogP contribution in [0.1, 0.15) is 40.0 Å². The number of carbonyl (C=O) groups is 1. The maximum Gasteiger partial charge on any atom is 0.145 e. The molecule has 0 aliphatic carbocycles. The molecule has 1 atom stereocenters. The van der Waals surface area contributed by atoms with Gasteiger partial charge in [0.1, 0.15) is 6.29 Å². The molecule has 1 heteroatoms. The monoisotopic (exact) mass is 154 g/mol. The molecule has 0 amide bonds. The second-order valence-corrected chi connectivity index (χ2v) is 2.99. The molecule has 64 valence electrons. The zero-order valence-electron chi connectivity index (χ0n) is 7.76. The van der Waals surface area contributed by atoms with Crippen molar-refractivity contribution >= 4 is 6.29 Å². The lowest BCUT2D eigenvalue weighted by atomic mass is 10.0. The Labute approximate surface area is 69.5 Å². The first kappa shape index (κ1) is 10.4. The summed E-state index contributed by atoms with van der Waals surface area (Å²) in [5.74, 6) is 0.543. The molecule has 0 spiro atoms. The molecule has 0 radical (unpaired) electrons. The maximum atomic E-state index is 10.5. The van der Waals surface area contributed by atoms with E-state index in [0.717, 1.165) is 31.1 Å². The van der Waals surface area contributed by atoms with Gasteiger partial charge >= 0.3 is 0 Å². The topological polar surface area (TPSA) is 17.1 Å². The highest BCUT2D eigenvalue weighted by atomic mass is 16.1. The van der Waals surface area contributed by atoms with Gasteiger partial charge in [-0.2, -0.15) is 0 Å². The van der Waals surface area contributed by atoms with E-state index in [4.69, 9.17) is 0 Å². The van der Waals surface area contributed by atoms with E-state index in [0.29, 0.717) is 5.92 Å². The van der Waals surface area contributed by atoms with Crippen molar-refractivity contribution in [2.75, 3.05) is 0 Å². The van der Waals surface area contributed by atoms with Crippen LogP contribution in [0.2, 0.25) is 0 Å². The molecule has 1 nitrogen and oxygen atoms in total. The fraction of sp³-hybridized carbons (Fsp3) is 0.700. The second-order valence-electron chi connectivity index (χ2n) is 2.99. The van der Waals surface area contributed by atoms with Crippen molar-refractivity contribution in [3.05, 3.63) is 11.6 Å². The molecule has 0 N–H and O–H groups in total. The van der Waals surface area contributed by atoms with E-state index in [1.165, 1.54) is 0 Å². The highest BCUT2D eigenvalue weighted by Crippen LogP contribution is 2.09. The summed E-state index contributed by atoms with van der Waals surface area (Å²) in [6.45, 7) is 6.36. The highest BCUT2D eigenvalue weighted by Gasteiger charge is 1.97. The van der Waals surface area contributed by atoms with Crippen molar-refractivity contribution in [3.63, 3.8) is 0 Å². The third-order valence-electron chi connectivity index (χ3n) is 1.83. The molecule has 0 aromatic rings. The van der Waals surface area contributed by atoms with Gasteiger partial charge < -0.3 is 0 Å². The molecule has 11 heavy (non-hydrogen) atoms. The van der Waals surface area contributed by atoms with Gasteiger partial charge in [0.25, 0.3) is 0 Å². The Morgan fingerprint density at radius 2 is 2.09 bits per heavy atom. The van der Waals surface area contributed by atoms with Gasteiger partial charge in [-0.05, 0) is 17.9 Å².